The maximum absolute atomic E-state index is 11.4. The normalized spacial score (nSPS) is 31.5. The van der Waals surface area contributed by atoms with E-state index in [1.165, 1.54) is 0 Å². The van der Waals surface area contributed by atoms with Crippen LogP contribution in [0.5, 0.6) is 0 Å². The molecule has 0 radical (unpaired) electrons. The fraction of sp³-hybridized carbons (Fsp3) is 0.846. The third kappa shape index (κ3) is 2.75. The third-order valence-electron chi connectivity index (χ3n) is 3.91. The topological polar surface area (TPSA) is 52.6 Å². The lowest BCUT2D eigenvalue weighted by molar-refractivity contribution is -0.201. The van der Waals surface area contributed by atoms with E-state index in [1.807, 2.05) is 0 Å². The molecule has 2 rings (SSSR count). The van der Waals surface area contributed by atoms with Crippen LogP contribution in [0.1, 0.15) is 44.9 Å². The molecular formula is C13H20O4. The van der Waals surface area contributed by atoms with E-state index in [2.05, 4.69) is 0 Å². The predicted molar refractivity (Wildman–Crippen MR) is 61.5 cm³/mol. The maximum atomic E-state index is 11.4. The zero-order valence-corrected chi connectivity index (χ0v) is 10.2. The molecule has 0 bridgehead atoms. The molecule has 1 spiro atoms. The van der Waals surface area contributed by atoms with Gasteiger partial charge >= 0.3 is 0 Å². The van der Waals surface area contributed by atoms with Crippen LogP contribution >= 0.6 is 0 Å². The van der Waals surface area contributed by atoms with Crippen molar-refractivity contribution in [2.75, 3.05) is 13.2 Å². The molecule has 0 aromatic carbocycles. The molecule has 0 aromatic rings. The van der Waals surface area contributed by atoms with E-state index in [-0.39, 0.29) is 5.41 Å². The summed E-state index contributed by atoms with van der Waals surface area (Å²) >= 11 is 0. The second-order valence-corrected chi connectivity index (χ2v) is 5.18. The smallest absolute Gasteiger partial charge is 0.169 e. The number of unbranched alkanes of at least 4 members (excludes halogenated alkanes) is 1. The first-order chi connectivity index (χ1) is 8.24. The average Bonchev–Trinajstić information content (AvgIpc) is 2.78. The lowest BCUT2D eigenvalue weighted by Crippen LogP contribution is -2.43. The van der Waals surface area contributed by atoms with E-state index >= 15 is 0 Å². The minimum Gasteiger partial charge on any atom is -0.348 e. The summed E-state index contributed by atoms with van der Waals surface area (Å²) < 4.78 is 11.4. The molecule has 1 saturated heterocycles. The molecule has 1 aliphatic carbocycles. The summed E-state index contributed by atoms with van der Waals surface area (Å²) in [7, 11) is 0. The van der Waals surface area contributed by atoms with Crippen LogP contribution in [0.3, 0.4) is 0 Å². The van der Waals surface area contributed by atoms with Crippen molar-refractivity contribution < 1.29 is 19.1 Å². The van der Waals surface area contributed by atoms with Gasteiger partial charge in [0.05, 0.1) is 13.2 Å². The summed E-state index contributed by atoms with van der Waals surface area (Å²) in [6, 6.07) is 0. The van der Waals surface area contributed by atoms with Crippen LogP contribution in [-0.4, -0.2) is 31.6 Å². The standard InChI is InChI=1S/C13H20O4/c14-7-2-1-4-12(11-15)5-3-6-13(10-12)16-8-9-17-13/h7,11H,1-6,8-10H2/t12-/m0/s1. The van der Waals surface area contributed by atoms with Gasteiger partial charge in [-0.2, -0.15) is 0 Å². The number of ether oxygens (including phenoxy) is 2. The quantitative estimate of drug-likeness (QED) is 0.543. The summed E-state index contributed by atoms with van der Waals surface area (Å²) in [6.07, 6.45) is 7.44. The molecule has 0 aromatic heterocycles. The van der Waals surface area contributed by atoms with Gasteiger partial charge in [0, 0.05) is 24.7 Å². The van der Waals surface area contributed by atoms with Gasteiger partial charge in [0.2, 0.25) is 0 Å². The zero-order valence-electron chi connectivity index (χ0n) is 10.2. The fourth-order valence-corrected chi connectivity index (χ4v) is 3.08. The van der Waals surface area contributed by atoms with Crippen molar-refractivity contribution >= 4 is 12.6 Å². The summed E-state index contributed by atoms with van der Waals surface area (Å²) in [4.78, 5) is 21.8. The van der Waals surface area contributed by atoms with Gasteiger partial charge in [-0.25, -0.2) is 0 Å². The monoisotopic (exact) mass is 240 g/mol. The SMILES string of the molecule is O=CCCC[C@]1(C=O)CCCC2(C1)OCCO2. The largest absolute Gasteiger partial charge is 0.348 e. The fourth-order valence-electron chi connectivity index (χ4n) is 3.08. The molecule has 4 nitrogen and oxygen atoms in total. The summed E-state index contributed by atoms with van der Waals surface area (Å²) in [5.41, 5.74) is -0.342. The van der Waals surface area contributed by atoms with Crippen molar-refractivity contribution in [2.24, 2.45) is 5.41 Å². The van der Waals surface area contributed by atoms with Crippen molar-refractivity contribution in [1.82, 2.24) is 0 Å². The summed E-state index contributed by atoms with van der Waals surface area (Å²) in [5, 5.41) is 0. The van der Waals surface area contributed by atoms with Gasteiger partial charge in [0.15, 0.2) is 5.79 Å². The second kappa shape index (κ2) is 5.27. The van der Waals surface area contributed by atoms with E-state index < -0.39 is 5.79 Å². The lowest BCUT2D eigenvalue weighted by atomic mass is 9.69. The van der Waals surface area contributed by atoms with Gasteiger partial charge in [0.25, 0.3) is 0 Å². The molecule has 1 aliphatic heterocycles. The second-order valence-electron chi connectivity index (χ2n) is 5.18. The Morgan fingerprint density at radius 3 is 2.53 bits per heavy atom. The molecule has 1 heterocycles. The van der Waals surface area contributed by atoms with Gasteiger partial charge in [-0.15, -0.1) is 0 Å². The molecule has 1 atom stereocenters. The van der Waals surface area contributed by atoms with E-state index in [1.54, 1.807) is 0 Å². The van der Waals surface area contributed by atoms with Gasteiger partial charge < -0.3 is 19.1 Å². The Labute approximate surface area is 102 Å². The Bertz CT molecular complexity index is 283. The Kier molecular flexibility index (Phi) is 3.94. The van der Waals surface area contributed by atoms with Crippen LogP contribution in [0.4, 0.5) is 0 Å². The molecule has 17 heavy (non-hydrogen) atoms. The predicted octanol–water partition coefficient (Wildman–Crippen LogP) is 1.86. The van der Waals surface area contributed by atoms with Crippen molar-refractivity contribution in [3.8, 4) is 0 Å². The minimum atomic E-state index is -0.514. The van der Waals surface area contributed by atoms with E-state index in [0.717, 1.165) is 44.7 Å². The molecule has 0 N–H and O–H groups in total. The van der Waals surface area contributed by atoms with Crippen LogP contribution in [0.2, 0.25) is 0 Å². The van der Waals surface area contributed by atoms with E-state index in [0.29, 0.717) is 26.1 Å². The first kappa shape index (κ1) is 12.7. The Balaban J connectivity index is 2.00. The first-order valence-corrected chi connectivity index (χ1v) is 6.42. The number of rotatable bonds is 5. The highest BCUT2D eigenvalue weighted by atomic mass is 16.7. The summed E-state index contributed by atoms with van der Waals surface area (Å²) in [6.45, 7) is 1.26. The van der Waals surface area contributed by atoms with Crippen LogP contribution in [0.25, 0.3) is 0 Å². The highest BCUT2D eigenvalue weighted by Crippen LogP contribution is 2.47. The minimum absolute atomic E-state index is 0.342. The van der Waals surface area contributed by atoms with Crippen molar-refractivity contribution in [2.45, 2.75) is 50.7 Å². The highest BCUT2D eigenvalue weighted by molar-refractivity contribution is 5.60. The molecule has 96 valence electrons. The maximum Gasteiger partial charge on any atom is 0.169 e. The number of carbonyl (C=O) groups is 2. The number of aldehydes is 2. The molecule has 2 fully saturated rings. The van der Waals surface area contributed by atoms with E-state index in [9.17, 15) is 9.59 Å². The Hall–Kier alpha value is -0.740. The average molecular weight is 240 g/mol. The lowest BCUT2D eigenvalue weighted by Gasteiger charge is -2.41. The van der Waals surface area contributed by atoms with Crippen molar-refractivity contribution in [3.05, 3.63) is 0 Å². The van der Waals surface area contributed by atoms with Crippen LogP contribution in [0.15, 0.2) is 0 Å². The summed E-state index contributed by atoms with van der Waals surface area (Å²) in [5.74, 6) is -0.514. The van der Waals surface area contributed by atoms with E-state index in [4.69, 9.17) is 9.47 Å². The Morgan fingerprint density at radius 1 is 1.12 bits per heavy atom. The van der Waals surface area contributed by atoms with Crippen LogP contribution < -0.4 is 0 Å². The molecular weight excluding hydrogens is 220 g/mol. The van der Waals surface area contributed by atoms with Gasteiger partial charge in [0.1, 0.15) is 12.6 Å². The van der Waals surface area contributed by atoms with Gasteiger partial charge in [-0.1, -0.05) is 0 Å². The van der Waals surface area contributed by atoms with Gasteiger partial charge in [-0.05, 0) is 25.7 Å². The number of hydrogen-bond acceptors (Lipinski definition) is 4. The molecule has 0 unspecified atom stereocenters. The first-order valence-electron chi connectivity index (χ1n) is 6.42. The molecule has 4 heteroatoms. The molecule has 1 saturated carbocycles. The molecule has 2 aliphatic rings. The van der Waals surface area contributed by atoms with Gasteiger partial charge in [-0.3, -0.25) is 0 Å². The molecule has 0 amide bonds. The number of carbonyl (C=O) groups excluding carboxylic acids is 2. The highest BCUT2D eigenvalue weighted by Gasteiger charge is 2.48. The van der Waals surface area contributed by atoms with Crippen LogP contribution in [0, 0.1) is 5.41 Å². The van der Waals surface area contributed by atoms with Crippen molar-refractivity contribution in [1.29, 1.82) is 0 Å². The Morgan fingerprint density at radius 2 is 1.88 bits per heavy atom. The van der Waals surface area contributed by atoms with Crippen molar-refractivity contribution in [3.63, 3.8) is 0 Å². The third-order valence-corrected chi connectivity index (χ3v) is 3.91. The number of hydrogen-bond donors (Lipinski definition) is 0. The zero-order chi connectivity index (χ0) is 12.2. The van der Waals surface area contributed by atoms with Crippen LogP contribution in [-0.2, 0) is 19.1 Å².